The van der Waals surface area contributed by atoms with Gasteiger partial charge in [0.25, 0.3) is 11.5 Å². The molecule has 2 aromatic carbocycles. The number of hydrogen-bond acceptors (Lipinski definition) is 4. The van der Waals surface area contributed by atoms with Crippen LogP contribution < -0.4 is 14.8 Å². The normalized spacial score (nSPS) is 15.0. The molecule has 0 aliphatic carbocycles. The molecule has 33 heavy (non-hydrogen) atoms. The van der Waals surface area contributed by atoms with E-state index in [9.17, 15) is 14.9 Å². The lowest BCUT2D eigenvalue weighted by molar-refractivity contribution is -0.123. The molecule has 0 unspecified atom stereocenters. The Balaban J connectivity index is 2.07. The van der Waals surface area contributed by atoms with Crippen molar-refractivity contribution in [2.24, 2.45) is 0 Å². The summed E-state index contributed by atoms with van der Waals surface area (Å²) in [5, 5.41) is 10.0. The molecule has 0 bridgehead atoms. The number of carbonyl (C=O) groups excluding carboxylic acids is 1. The predicted octanol–water partition coefficient (Wildman–Crippen LogP) is 3.26. The van der Waals surface area contributed by atoms with E-state index in [2.05, 4.69) is 6.07 Å². The second-order valence-corrected chi connectivity index (χ2v) is 9.72. The zero-order valence-corrected chi connectivity index (χ0v) is 20.3. The van der Waals surface area contributed by atoms with Crippen LogP contribution in [0.25, 0.3) is 17.3 Å². The molecule has 0 radical (unpaired) electrons. The summed E-state index contributed by atoms with van der Waals surface area (Å²) in [6.45, 7) is 9.25. The van der Waals surface area contributed by atoms with Gasteiger partial charge in [-0.3, -0.25) is 14.2 Å². The van der Waals surface area contributed by atoms with E-state index in [0.29, 0.717) is 28.0 Å². The van der Waals surface area contributed by atoms with Crippen molar-refractivity contribution in [3.8, 4) is 11.8 Å². The van der Waals surface area contributed by atoms with E-state index < -0.39 is 0 Å². The Morgan fingerprint density at radius 2 is 1.67 bits per heavy atom. The Kier molecular flexibility index (Phi) is 6.35. The van der Waals surface area contributed by atoms with E-state index in [0.717, 1.165) is 40.7 Å². The number of carbonyl (C=O) groups is 1. The van der Waals surface area contributed by atoms with Crippen LogP contribution in [-0.4, -0.2) is 28.5 Å². The summed E-state index contributed by atoms with van der Waals surface area (Å²) >= 11 is 1.21. The van der Waals surface area contributed by atoms with Gasteiger partial charge in [-0.25, -0.2) is 0 Å². The molecule has 5 nitrogen and oxygen atoms in total. The van der Waals surface area contributed by atoms with E-state index in [4.69, 9.17) is 0 Å². The quantitative estimate of drug-likeness (QED) is 0.606. The van der Waals surface area contributed by atoms with E-state index >= 15 is 0 Å². The number of aromatic nitrogens is 1. The van der Waals surface area contributed by atoms with Crippen LogP contribution in [0.5, 0.6) is 0 Å². The van der Waals surface area contributed by atoms with Crippen molar-refractivity contribution in [3.05, 3.63) is 83.8 Å². The second-order valence-electron chi connectivity index (χ2n) is 8.69. The van der Waals surface area contributed by atoms with Gasteiger partial charge in [-0.2, -0.15) is 5.26 Å². The Morgan fingerprint density at radius 3 is 2.33 bits per heavy atom. The summed E-state index contributed by atoms with van der Waals surface area (Å²) in [6, 6.07) is 14.1. The molecule has 0 atom stereocenters. The minimum atomic E-state index is -0.298. The lowest BCUT2D eigenvalue weighted by atomic mass is 10.1. The SMILES string of the molecule is Cc1ccc(-n2c(=O)/c(=C\c3cc(C)ccc3C)s/c2=C(/C#N)C(=O)N2CCCC2)c(C)c1. The van der Waals surface area contributed by atoms with E-state index in [1.807, 2.05) is 70.2 Å². The third kappa shape index (κ3) is 4.42. The van der Waals surface area contributed by atoms with Crippen molar-refractivity contribution in [2.45, 2.75) is 40.5 Å². The number of benzene rings is 2. The van der Waals surface area contributed by atoms with Gasteiger partial charge in [0.1, 0.15) is 10.7 Å². The van der Waals surface area contributed by atoms with Crippen LogP contribution in [0.1, 0.15) is 40.7 Å². The fraction of sp³-hybridized carbons (Fsp3) is 0.296. The Labute approximate surface area is 197 Å². The first kappa shape index (κ1) is 22.8. The van der Waals surface area contributed by atoms with Crippen molar-refractivity contribution in [1.82, 2.24) is 9.47 Å². The molecule has 1 aliphatic rings. The fourth-order valence-corrected chi connectivity index (χ4v) is 5.33. The van der Waals surface area contributed by atoms with Crippen molar-refractivity contribution >= 4 is 28.9 Å². The third-order valence-electron chi connectivity index (χ3n) is 6.07. The molecule has 1 amide bonds. The first-order chi connectivity index (χ1) is 15.8. The molecular formula is C27H27N3O2S. The molecule has 4 rings (SSSR count). The van der Waals surface area contributed by atoms with Gasteiger partial charge in [0.2, 0.25) is 0 Å². The number of nitriles is 1. The van der Waals surface area contributed by atoms with Gasteiger partial charge in [0, 0.05) is 13.1 Å². The van der Waals surface area contributed by atoms with Gasteiger partial charge in [-0.15, -0.1) is 11.3 Å². The van der Waals surface area contributed by atoms with Crippen LogP contribution in [0.3, 0.4) is 0 Å². The fourth-order valence-electron chi connectivity index (χ4n) is 4.25. The molecule has 0 saturated carbocycles. The molecule has 3 aromatic rings. The molecule has 1 aliphatic heterocycles. The summed E-state index contributed by atoms with van der Waals surface area (Å²) in [5.41, 5.74) is 5.62. The van der Waals surface area contributed by atoms with Gasteiger partial charge in [0.15, 0.2) is 5.57 Å². The van der Waals surface area contributed by atoms with Crippen molar-refractivity contribution in [1.29, 1.82) is 5.26 Å². The number of nitrogens with zero attached hydrogens (tertiary/aromatic N) is 3. The van der Waals surface area contributed by atoms with Crippen LogP contribution in [0.4, 0.5) is 0 Å². The highest BCUT2D eigenvalue weighted by atomic mass is 32.1. The largest absolute Gasteiger partial charge is 0.338 e. The minimum absolute atomic E-state index is 0.0274. The number of hydrogen-bond donors (Lipinski definition) is 0. The first-order valence-electron chi connectivity index (χ1n) is 11.1. The van der Waals surface area contributed by atoms with Gasteiger partial charge in [-0.05, 0) is 69.4 Å². The summed E-state index contributed by atoms with van der Waals surface area (Å²) in [5.74, 6) is -0.298. The lowest BCUT2D eigenvalue weighted by Crippen LogP contribution is -2.35. The Bertz CT molecular complexity index is 1460. The lowest BCUT2D eigenvalue weighted by Gasteiger charge is -2.14. The molecule has 1 fully saturated rings. The van der Waals surface area contributed by atoms with Crippen LogP contribution >= 0.6 is 11.3 Å². The van der Waals surface area contributed by atoms with E-state index in [-0.39, 0.29) is 17.0 Å². The minimum Gasteiger partial charge on any atom is -0.338 e. The monoisotopic (exact) mass is 457 g/mol. The average molecular weight is 458 g/mol. The van der Waals surface area contributed by atoms with Gasteiger partial charge >= 0.3 is 0 Å². The molecule has 1 aromatic heterocycles. The third-order valence-corrected chi connectivity index (χ3v) is 7.16. The topological polar surface area (TPSA) is 66.1 Å². The number of aryl methyl sites for hydroxylation is 4. The van der Waals surface area contributed by atoms with E-state index in [1.54, 1.807) is 9.47 Å². The number of amides is 1. The van der Waals surface area contributed by atoms with Crippen LogP contribution in [0.15, 0.2) is 41.2 Å². The van der Waals surface area contributed by atoms with Crippen LogP contribution in [0.2, 0.25) is 0 Å². The maximum atomic E-state index is 13.7. The highest BCUT2D eigenvalue weighted by Gasteiger charge is 2.24. The molecular weight excluding hydrogens is 430 g/mol. The van der Waals surface area contributed by atoms with Crippen molar-refractivity contribution in [2.75, 3.05) is 13.1 Å². The summed E-state index contributed by atoms with van der Waals surface area (Å²) in [4.78, 5) is 28.6. The standard InChI is InChI=1S/C27H27N3O2S/c1-17-8-10-23(20(4)13-17)30-26(32)24(15-21-14-18(2)7-9-19(21)3)33-27(30)22(16-28)25(31)29-11-5-6-12-29/h7-10,13-15H,5-6,11-12H2,1-4H3/b24-15+,27-22-. The maximum Gasteiger partial charge on any atom is 0.273 e. The second kappa shape index (κ2) is 9.21. The van der Waals surface area contributed by atoms with E-state index in [1.165, 1.54) is 11.3 Å². The molecule has 2 heterocycles. The average Bonchev–Trinajstić information content (AvgIpc) is 3.41. The van der Waals surface area contributed by atoms with Crippen molar-refractivity contribution < 1.29 is 4.79 Å². The first-order valence-corrected chi connectivity index (χ1v) is 11.9. The van der Waals surface area contributed by atoms with Crippen molar-refractivity contribution in [3.63, 3.8) is 0 Å². The number of likely N-dealkylation sites (tertiary alicyclic amines) is 1. The van der Waals surface area contributed by atoms with Gasteiger partial charge in [-0.1, -0.05) is 41.5 Å². The van der Waals surface area contributed by atoms with Crippen LogP contribution in [-0.2, 0) is 4.79 Å². The summed E-state index contributed by atoms with van der Waals surface area (Å²) in [6.07, 6.45) is 3.74. The maximum absolute atomic E-state index is 13.7. The predicted molar refractivity (Wildman–Crippen MR) is 133 cm³/mol. The number of thiazole rings is 1. The molecule has 0 spiro atoms. The number of rotatable bonds is 3. The molecule has 1 saturated heterocycles. The summed E-state index contributed by atoms with van der Waals surface area (Å²) in [7, 11) is 0. The van der Waals surface area contributed by atoms with Gasteiger partial charge < -0.3 is 4.90 Å². The zero-order valence-electron chi connectivity index (χ0n) is 19.4. The Hall–Kier alpha value is -3.43. The molecule has 168 valence electrons. The molecule has 0 N–H and O–H groups in total. The summed E-state index contributed by atoms with van der Waals surface area (Å²) < 4.78 is 2.44. The highest BCUT2D eigenvalue weighted by molar-refractivity contribution is 7.07. The smallest absolute Gasteiger partial charge is 0.273 e. The highest BCUT2D eigenvalue weighted by Crippen LogP contribution is 2.16. The Morgan fingerprint density at radius 1 is 1.00 bits per heavy atom. The zero-order chi connectivity index (χ0) is 23.7. The van der Waals surface area contributed by atoms with Crippen LogP contribution in [0, 0.1) is 39.0 Å². The molecule has 6 heteroatoms. The van der Waals surface area contributed by atoms with Gasteiger partial charge in [0.05, 0.1) is 10.2 Å².